The van der Waals surface area contributed by atoms with Gasteiger partial charge < -0.3 is 15.5 Å². The van der Waals surface area contributed by atoms with Crippen molar-refractivity contribution in [2.45, 2.75) is 31.6 Å². The van der Waals surface area contributed by atoms with Crippen molar-refractivity contribution >= 4 is 17.7 Å². The first-order valence-electron chi connectivity index (χ1n) is 11.5. The zero-order chi connectivity index (χ0) is 22.5. The minimum absolute atomic E-state index is 0.0592. The van der Waals surface area contributed by atoms with Gasteiger partial charge in [0.15, 0.2) is 0 Å². The number of likely N-dealkylation sites (tertiary alicyclic amines) is 2. The number of rotatable bonds is 5. The average Bonchev–Trinajstić information content (AvgIpc) is 2.85. The summed E-state index contributed by atoms with van der Waals surface area (Å²) < 4.78 is 0. The van der Waals surface area contributed by atoms with Crippen LogP contribution in [0.3, 0.4) is 0 Å². The monoisotopic (exact) mass is 433 g/mol. The van der Waals surface area contributed by atoms with Gasteiger partial charge in [0.25, 0.3) is 0 Å². The van der Waals surface area contributed by atoms with Crippen LogP contribution in [-0.2, 0) is 14.4 Å². The Morgan fingerprint density at radius 1 is 0.688 bits per heavy atom. The molecule has 2 saturated heterocycles. The highest BCUT2D eigenvalue weighted by molar-refractivity contribution is 5.87. The maximum Gasteiger partial charge on any atom is 0.234 e. The smallest absolute Gasteiger partial charge is 0.234 e. The average molecular weight is 434 g/mol. The first-order chi connectivity index (χ1) is 15.5. The number of carbonyl (C=O) groups is 3. The Balaban J connectivity index is 1.39. The molecule has 0 spiro atoms. The number of nitrogens with zero attached hydrogens (tertiary/aromatic N) is 2. The molecule has 2 aliphatic rings. The Morgan fingerprint density at radius 3 is 1.59 bits per heavy atom. The molecule has 168 valence electrons. The van der Waals surface area contributed by atoms with E-state index in [1.165, 1.54) is 0 Å². The molecule has 2 aromatic carbocycles. The van der Waals surface area contributed by atoms with E-state index in [0.29, 0.717) is 51.9 Å². The van der Waals surface area contributed by atoms with E-state index < -0.39 is 0 Å². The lowest BCUT2D eigenvalue weighted by Gasteiger charge is -2.37. The van der Waals surface area contributed by atoms with Crippen LogP contribution in [0.15, 0.2) is 60.7 Å². The highest BCUT2D eigenvalue weighted by Crippen LogP contribution is 2.30. The Hall–Kier alpha value is -3.15. The molecule has 32 heavy (non-hydrogen) atoms. The summed E-state index contributed by atoms with van der Waals surface area (Å²) >= 11 is 0. The van der Waals surface area contributed by atoms with Gasteiger partial charge in [-0.1, -0.05) is 60.7 Å². The topological polar surface area (TPSA) is 83.7 Å². The van der Waals surface area contributed by atoms with Gasteiger partial charge in [0.1, 0.15) is 0 Å². The molecule has 6 nitrogen and oxygen atoms in total. The van der Waals surface area contributed by atoms with Crippen molar-refractivity contribution in [1.82, 2.24) is 9.80 Å². The van der Waals surface area contributed by atoms with Crippen molar-refractivity contribution in [3.05, 3.63) is 71.8 Å². The minimum Gasteiger partial charge on any atom is -0.369 e. The molecule has 2 aromatic rings. The Kier molecular flexibility index (Phi) is 6.88. The van der Waals surface area contributed by atoms with Gasteiger partial charge in [0.05, 0.1) is 5.92 Å². The van der Waals surface area contributed by atoms with Crippen molar-refractivity contribution < 1.29 is 14.4 Å². The molecular weight excluding hydrogens is 402 g/mol. The summed E-state index contributed by atoms with van der Waals surface area (Å²) in [6, 6.07) is 19.8. The summed E-state index contributed by atoms with van der Waals surface area (Å²) in [5, 5.41) is 0. The fourth-order valence-corrected chi connectivity index (χ4v) is 4.94. The van der Waals surface area contributed by atoms with Gasteiger partial charge in [-0.15, -0.1) is 0 Å². The lowest BCUT2D eigenvalue weighted by molar-refractivity contribution is -0.142. The molecule has 2 heterocycles. The number of primary amides is 1. The molecule has 2 fully saturated rings. The maximum atomic E-state index is 13.6. The predicted molar refractivity (Wildman–Crippen MR) is 123 cm³/mol. The summed E-state index contributed by atoms with van der Waals surface area (Å²) in [6.07, 6.45) is 2.65. The van der Waals surface area contributed by atoms with E-state index in [4.69, 9.17) is 5.73 Å². The van der Waals surface area contributed by atoms with Crippen LogP contribution < -0.4 is 5.73 Å². The summed E-state index contributed by atoms with van der Waals surface area (Å²) in [6.45, 7) is 2.36. The van der Waals surface area contributed by atoms with E-state index in [0.717, 1.165) is 11.1 Å². The zero-order valence-corrected chi connectivity index (χ0v) is 18.4. The molecule has 0 atom stereocenters. The van der Waals surface area contributed by atoms with E-state index in [1.54, 1.807) is 0 Å². The van der Waals surface area contributed by atoms with Crippen LogP contribution in [0.1, 0.15) is 42.7 Å². The van der Waals surface area contributed by atoms with E-state index in [1.807, 2.05) is 70.5 Å². The summed E-state index contributed by atoms with van der Waals surface area (Å²) in [5.41, 5.74) is 7.37. The maximum absolute atomic E-state index is 13.6. The SMILES string of the molecule is NC(=O)C1CCN(C(=O)C2CCN(C(=O)C(c3ccccc3)c3ccccc3)CC2)CC1. The molecular formula is C26H31N3O3. The molecule has 0 aliphatic carbocycles. The van der Waals surface area contributed by atoms with Crippen LogP contribution >= 0.6 is 0 Å². The van der Waals surface area contributed by atoms with Crippen LogP contribution in [0.5, 0.6) is 0 Å². The number of hydrogen-bond donors (Lipinski definition) is 1. The third-order valence-electron chi connectivity index (χ3n) is 6.88. The Labute approximate surface area is 189 Å². The van der Waals surface area contributed by atoms with Gasteiger partial charge in [0.2, 0.25) is 17.7 Å². The Morgan fingerprint density at radius 2 is 1.12 bits per heavy atom. The second-order valence-corrected chi connectivity index (χ2v) is 8.86. The molecule has 2 aliphatic heterocycles. The standard InChI is InChI=1S/C26H31N3O3/c27-24(30)21-11-15-28(16-12-21)25(31)22-13-17-29(18-14-22)26(32)23(19-7-3-1-4-8-19)20-9-5-2-6-10-20/h1-10,21-23H,11-18H2,(H2,27,30). The van der Waals surface area contributed by atoms with Crippen LogP contribution in [0.2, 0.25) is 0 Å². The third-order valence-corrected chi connectivity index (χ3v) is 6.88. The first kappa shape index (κ1) is 22.1. The van der Waals surface area contributed by atoms with Gasteiger partial charge in [-0.25, -0.2) is 0 Å². The number of piperidine rings is 2. The van der Waals surface area contributed by atoms with Crippen molar-refractivity contribution in [1.29, 1.82) is 0 Å². The summed E-state index contributed by atoms with van der Waals surface area (Å²) in [4.78, 5) is 41.7. The number of hydrogen-bond acceptors (Lipinski definition) is 3. The number of benzene rings is 2. The van der Waals surface area contributed by atoms with E-state index in [-0.39, 0.29) is 35.5 Å². The molecule has 0 saturated carbocycles. The largest absolute Gasteiger partial charge is 0.369 e. The first-order valence-corrected chi connectivity index (χ1v) is 11.5. The molecule has 0 bridgehead atoms. The molecule has 2 N–H and O–H groups in total. The van der Waals surface area contributed by atoms with Crippen LogP contribution in [0.4, 0.5) is 0 Å². The van der Waals surface area contributed by atoms with Gasteiger partial charge in [-0.2, -0.15) is 0 Å². The lowest BCUT2D eigenvalue weighted by atomic mass is 9.88. The highest BCUT2D eigenvalue weighted by Gasteiger charge is 2.35. The highest BCUT2D eigenvalue weighted by atomic mass is 16.2. The summed E-state index contributed by atoms with van der Waals surface area (Å²) in [5.74, 6) is -0.534. The van der Waals surface area contributed by atoms with Crippen LogP contribution in [0.25, 0.3) is 0 Å². The molecule has 0 unspecified atom stereocenters. The van der Waals surface area contributed by atoms with Crippen molar-refractivity contribution in [3.63, 3.8) is 0 Å². The fourth-order valence-electron chi connectivity index (χ4n) is 4.94. The van der Waals surface area contributed by atoms with Crippen molar-refractivity contribution in [2.24, 2.45) is 17.6 Å². The second kappa shape index (κ2) is 9.98. The molecule has 6 heteroatoms. The third kappa shape index (κ3) is 4.85. The van der Waals surface area contributed by atoms with Gasteiger partial charge in [0, 0.05) is 38.0 Å². The number of nitrogens with two attached hydrogens (primary N) is 1. The zero-order valence-electron chi connectivity index (χ0n) is 18.4. The minimum atomic E-state index is -0.336. The normalized spacial score (nSPS) is 18.0. The van der Waals surface area contributed by atoms with Crippen molar-refractivity contribution in [3.8, 4) is 0 Å². The molecule has 0 aromatic heterocycles. The van der Waals surface area contributed by atoms with Gasteiger partial charge in [-0.3, -0.25) is 14.4 Å². The quantitative estimate of drug-likeness (QED) is 0.787. The fraction of sp³-hybridized carbons (Fsp3) is 0.423. The van der Waals surface area contributed by atoms with Crippen LogP contribution in [0, 0.1) is 11.8 Å². The molecule has 4 rings (SSSR count). The predicted octanol–water partition coefficient (Wildman–Crippen LogP) is 2.78. The van der Waals surface area contributed by atoms with Gasteiger partial charge in [-0.05, 0) is 36.8 Å². The molecule has 3 amide bonds. The van der Waals surface area contributed by atoms with E-state index >= 15 is 0 Å². The number of carbonyl (C=O) groups excluding carboxylic acids is 3. The lowest BCUT2D eigenvalue weighted by Crippen LogP contribution is -2.48. The van der Waals surface area contributed by atoms with Gasteiger partial charge >= 0.3 is 0 Å². The van der Waals surface area contributed by atoms with Crippen LogP contribution in [-0.4, -0.2) is 53.7 Å². The second-order valence-electron chi connectivity index (χ2n) is 8.86. The number of amides is 3. The van der Waals surface area contributed by atoms with E-state index in [9.17, 15) is 14.4 Å². The van der Waals surface area contributed by atoms with Crippen molar-refractivity contribution in [2.75, 3.05) is 26.2 Å². The molecule has 0 radical (unpaired) electrons. The summed E-state index contributed by atoms with van der Waals surface area (Å²) in [7, 11) is 0. The van der Waals surface area contributed by atoms with E-state index in [2.05, 4.69) is 0 Å². The Bertz CT molecular complexity index is 892.